The molecule has 212 valence electrons. The van der Waals surface area contributed by atoms with Crippen LogP contribution >= 0.6 is 11.9 Å². The van der Waals surface area contributed by atoms with Gasteiger partial charge < -0.3 is 9.71 Å². The molecule has 0 aliphatic heterocycles. The highest BCUT2D eigenvalue weighted by atomic mass is 32.2. The van der Waals surface area contributed by atoms with Gasteiger partial charge in [-0.25, -0.2) is 28.1 Å². The third kappa shape index (κ3) is 5.78. The molecule has 0 atom stereocenters. The average molecular weight is 591 g/mol. The van der Waals surface area contributed by atoms with Gasteiger partial charge in [0.25, 0.3) is 0 Å². The smallest absolute Gasteiger partial charge is 0.345 e. The molecule has 2 N–H and O–H groups in total. The number of fused-ring (bicyclic) bond motifs is 2. The number of Topliss-reactive ketones (excluding diaryl/α,β-unsaturated/α-hetero) is 1. The standard InChI is InChI=1S/C27H20F6N6OS/c1-2-20(38-41-16-5-3-4-15(29)9-16)23(30)18(10-28)24(40)19-12-35-25-17(19)8-14(11-34-25)21-13-39-7-6-22(27(31,32)33)37-26(39)36-21/h4,6-13,38H,2-3,5H2,1H3,(H,34,35)/b18-10-,23-20?. The van der Waals surface area contributed by atoms with E-state index in [1.165, 1.54) is 47.4 Å². The summed E-state index contributed by atoms with van der Waals surface area (Å²) < 4.78 is 86.1. The van der Waals surface area contributed by atoms with E-state index in [1.54, 1.807) is 6.92 Å². The van der Waals surface area contributed by atoms with Gasteiger partial charge in [0.05, 0.1) is 17.0 Å². The molecule has 14 heteroatoms. The molecular weight excluding hydrogens is 570 g/mol. The SMILES string of the molecule is CCC(NSC1=CC(F)=CCC1)=C(F)/C(=C/F)C(=O)c1c[nH]c2ncc(-c3cn4ccc(C(F)(F)F)nc4n3)cc12. The molecular formula is C27H20F6N6OS. The number of nitrogens with zero attached hydrogens (tertiary/aromatic N) is 4. The molecule has 0 saturated carbocycles. The van der Waals surface area contributed by atoms with Gasteiger partial charge >= 0.3 is 6.18 Å². The van der Waals surface area contributed by atoms with Crippen LogP contribution in [0.1, 0.15) is 42.2 Å². The third-order valence-electron chi connectivity index (χ3n) is 6.23. The lowest BCUT2D eigenvalue weighted by atomic mass is 10.0. The molecule has 41 heavy (non-hydrogen) atoms. The number of carbonyl (C=O) groups is 1. The molecule has 0 fully saturated rings. The lowest BCUT2D eigenvalue weighted by Crippen LogP contribution is -2.11. The average Bonchev–Trinajstić information content (AvgIpc) is 3.57. The minimum atomic E-state index is -4.64. The molecule has 0 bridgehead atoms. The van der Waals surface area contributed by atoms with Gasteiger partial charge in [-0.1, -0.05) is 6.92 Å². The molecule has 1 aliphatic carbocycles. The largest absolute Gasteiger partial charge is 0.433 e. The van der Waals surface area contributed by atoms with Gasteiger partial charge in [-0.2, -0.15) is 13.2 Å². The molecule has 7 nitrogen and oxygen atoms in total. The lowest BCUT2D eigenvalue weighted by molar-refractivity contribution is -0.141. The summed E-state index contributed by atoms with van der Waals surface area (Å²) in [6.07, 6.45) is 4.37. The number of allylic oxidation sites excluding steroid dienone is 7. The second-order valence-electron chi connectivity index (χ2n) is 8.91. The van der Waals surface area contributed by atoms with Crippen molar-refractivity contribution in [3.8, 4) is 11.3 Å². The van der Waals surface area contributed by atoms with Crippen LogP contribution in [-0.2, 0) is 6.18 Å². The van der Waals surface area contributed by atoms with Crippen molar-refractivity contribution in [2.45, 2.75) is 32.4 Å². The fourth-order valence-corrected chi connectivity index (χ4v) is 5.00. The maximum Gasteiger partial charge on any atom is 0.433 e. The molecule has 1 aliphatic rings. The Balaban J connectivity index is 1.45. The number of hydrogen-bond donors (Lipinski definition) is 2. The summed E-state index contributed by atoms with van der Waals surface area (Å²) in [7, 11) is 0. The monoisotopic (exact) mass is 590 g/mol. The molecule has 4 aromatic rings. The maximum absolute atomic E-state index is 15.4. The van der Waals surface area contributed by atoms with Gasteiger partial charge in [-0.15, -0.1) is 0 Å². The van der Waals surface area contributed by atoms with Gasteiger partial charge in [-0.05, 0) is 55.5 Å². The summed E-state index contributed by atoms with van der Waals surface area (Å²) in [6, 6.07) is 2.30. The van der Waals surface area contributed by atoms with Crippen LogP contribution in [0.2, 0.25) is 0 Å². The Labute approximate surface area is 232 Å². The van der Waals surface area contributed by atoms with Crippen LogP contribution in [0.25, 0.3) is 28.1 Å². The second kappa shape index (κ2) is 11.3. The van der Waals surface area contributed by atoms with Crippen molar-refractivity contribution in [2.24, 2.45) is 0 Å². The van der Waals surface area contributed by atoms with Crippen LogP contribution in [0.5, 0.6) is 0 Å². The molecule has 4 heterocycles. The maximum atomic E-state index is 15.4. The van der Waals surface area contributed by atoms with Crippen molar-refractivity contribution < 1.29 is 31.1 Å². The zero-order valence-corrected chi connectivity index (χ0v) is 22.0. The van der Waals surface area contributed by atoms with Crippen molar-refractivity contribution >= 4 is 34.5 Å². The van der Waals surface area contributed by atoms with Crippen LogP contribution in [0.15, 0.2) is 83.2 Å². The van der Waals surface area contributed by atoms with E-state index in [9.17, 15) is 26.7 Å². The van der Waals surface area contributed by atoms with Crippen LogP contribution < -0.4 is 4.72 Å². The molecule has 0 saturated heterocycles. The molecule has 4 aromatic heterocycles. The Bertz CT molecular complexity index is 1780. The summed E-state index contributed by atoms with van der Waals surface area (Å²) >= 11 is 0.984. The number of halogens is 6. The van der Waals surface area contributed by atoms with Crippen LogP contribution in [0, 0.1) is 0 Å². The second-order valence-corrected chi connectivity index (χ2v) is 9.84. The van der Waals surface area contributed by atoms with E-state index >= 15 is 4.39 Å². The van der Waals surface area contributed by atoms with Gasteiger partial charge in [0.2, 0.25) is 11.6 Å². The first-order valence-corrected chi connectivity index (χ1v) is 13.0. The first-order chi connectivity index (χ1) is 19.6. The van der Waals surface area contributed by atoms with Crippen LogP contribution in [-0.4, -0.2) is 30.1 Å². The van der Waals surface area contributed by atoms with Crippen LogP contribution in [0.3, 0.4) is 0 Å². The van der Waals surface area contributed by atoms with E-state index in [0.717, 1.165) is 18.0 Å². The van der Waals surface area contributed by atoms with E-state index in [1.807, 2.05) is 0 Å². The quantitative estimate of drug-likeness (QED) is 0.0720. The number of hydrogen-bond acceptors (Lipinski definition) is 6. The lowest BCUT2D eigenvalue weighted by Gasteiger charge is -2.14. The van der Waals surface area contributed by atoms with Crippen molar-refractivity contribution in [3.05, 3.63) is 94.5 Å². The summed E-state index contributed by atoms with van der Waals surface area (Å²) in [5, 5.41) is 0.218. The molecule has 5 rings (SSSR count). The van der Waals surface area contributed by atoms with E-state index < -0.39 is 34.9 Å². The predicted molar refractivity (Wildman–Crippen MR) is 142 cm³/mol. The van der Waals surface area contributed by atoms with Gasteiger partial charge in [0.15, 0.2) is 5.83 Å². The Hall–Kier alpha value is -4.33. The third-order valence-corrected chi connectivity index (χ3v) is 7.16. The molecule has 0 unspecified atom stereocenters. The number of ketones is 1. The Kier molecular flexibility index (Phi) is 7.76. The predicted octanol–water partition coefficient (Wildman–Crippen LogP) is 7.69. The number of alkyl halides is 3. The number of imidazole rings is 1. The fraction of sp³-hybridized carbons (Fsp3) is 0.185. The van der Waals surface area contributed by atoms with Gasteiger partial charge in [0, 0.05) is 46.2 Å². The molecule has 0 spiro atoms. The highest BCUT2D eigenvalue weighted by Gasteiger charge is 2.33. The number of nitrogens with one attached hydrogen (secondary N) is 2. The zero-order valence-electron chi connectivity index (χ0n) is 21.2. The van der Waals surface area contributed by atoms with E-state index in [2.05, 4.69) is 24.7 Å². The van der Waals surface area contributed by atoms with E-state index in [0.29, 0.717) is 23.3 Å². The number of pyridine rings is 1. The normalized spacial score (nSPS) is 15.1. The summed E-state index contributed by atoms with van der Waals surface area (Å²) in [5.41, 5.74) is -1.28. The van der Waals surface area contributed by atoms with Crippen LogP contribution in [0.4, 0.5) is 26.3 Å². The van der Waals surface area contributed by atoms with Crippen molar-refractivity contribution in [1.29, 1.82) is 0 Å². The summed E-state index contributed by atoms with van der Waals surface area (Å²) in [5.74, 6) is -2.67. The van der Waals surface area contributed by atoms with Crippen molar-refractivity contribution in [3.63, 3.8) is 0 Å². The van der Waals surface area contributed by atoms with E-state index in [-0.39, 0.29) is 46.5 Å². The minimum absolute atomic E-state index is 0.0582. The number of rotatable bonds is 8. The summed E-state index contributed by atoms with van der Waals surface area (Å²) in [4.78, 5) is 28.6. The number of aromatic amines is 1. The number of carbonyl (C=O) groups excluding carboxylic acids is 1. The first-order valence-electron chi connectivity index (χ1n) is 12.2. The molecule has 0 radical (unpaired) electrons. The first kappa shape index (κ1) is 28.2. The highest BCUT2D eigenvalue weighted by molar-refractivity contribution is 8.01. The Morgan fingerprint density at radius 3 is 2.80 bits per heavy atom. The molecule has 0 amide bonds. The minimum Gasteiger partial charge on any atom is -0.345 e. The van der Waals surface area contributed by atoms with Crippen molar-refractivity contribution in [1.82, 2.24) is 29.1 Å². The fourth-order valence-electron chi connectivity index (χ4n) is 4.12. The molecule has 0 aromatic carbocycles. The van der Waals surface area contributed by atoms with Crippen molar-refractivity contribution in [2.75, 3.05) is 0 Å². The zero-order chi connectivity index (χ0) is 29.3. The van der Waals surface area contributed by atoms with Gasteiger partial charge in [0.1, 0.15) is 23.5 Å². The number of aromatic nitrogens is 5. The highest BCUT2D eigenvalue weighted by Crippen LogP contribution is 2.32. The van der Waals surface area contributed by atoms with E-state index in [4.69, 9.17) is 0 Å². The Morgan fingerprint density at radius 1 is 1.29 bits per heavy atom. The number of H-pyrrole nitrogens is 1. The Morgan fingerprint density at radius 2 is 2.10 bits per heavy atom. The summed E-state index contributed by atoms with van der Waals surface area (Å²) in [6.45, 7) is 1.61. The topological polar surface area (TPSA) is 88.0 Å². The van der Waals surface area contributed by atoms with Gasteiger partial charge in [-0.3, -0.25) is 9.20 Å².